The van der Waals surface area contributed by atoms with Crippen LogP contribution in [-0.4, -0.2) is 40.3 Å². The van der Waals surface area contributed by atoms with Gasteiger partial charge in [0.2, 0.25) is 5.91 Å². The minimum Gasteiger partial charge on any atom is -0.331 e. The van der Waals surface area contributed by atoms with Crippen LogP contribution in [0, 0.1) is 0 Å². The Balaban J connectivity index is 1.75. The summed E-state index contributed by atoms with van der Waals surface area (Å²) < 4.78 is 0. The van der Waals surface area contributed by atoms with Crippen LogP contribution in [0.2, 0.25) is 0 Å². The highest BCUT2D eigenvalue weighted by atomic mass is 16.2. The molecule has 3 heterocycles. The van der Waals surface area contributed by atoms with E-state index < -0.39 is 0 Å². The Morgan fingerprint density at radius 2 is 2.10 bits per heavy atom. The Morgan fingerprint density at radius 3 is 2.86 bits per heavy atom. The van der Waals surface area contributed by atoms with E-state index in [4.69, 9.17) is 4.98 Å². The monoisotopic (exact) mass is 285 g/mol. The molecule has 4 nitrogen and oxygen atoms in total. The number of likely N-dealkylation sites (tertiary alicyclic amines) is 2. The van der Waals surface area contributed by atoms with Crippen LogP contribution in [0.3, 0.4) is 0 Å². The number of rotatable bonds is 4. The molecule has 1 aromatic rings. The standard InChI is InChI=1S/C17H23N3O/c1-2-17(21)20-12-6-9-16(20)15-8-5-7-14(18-15)13-19-10-3-4-11-19/h2,5,7-8,16H,1,3-4,6,9-13H2. The van der Waals surface area contributed by atoms with Crippen molar-refractivity contribution in [1.82, 2.24) is 14.8 Å². The summed E-state index contributed by atoms with van der Waals surface area (Å²) >= 11 is 0. The molecule has 2 fully saturated rings. The predicted octanol–water partition coefficient (Wildman–Crippen LogP) is 2.53. The lowest BCUT2D eigenvalue weighted by Crippen LogP contribution is -2.29. The Labute approximate surface area is 126 Å². The van der Waals surface area contributed by atoms with E-state index >= 15 is 0 Å². The second kappa shape index (κ2) is 6.39. The first-order chi connectivity index (χ1) is 10.3. The minimum atomic E-state index is 0.0178. The molecule has 2 saturated heterocycles. The number of hydrogen-bond donors (Lipinski definition) is 0. The quantitative estimate of drug-likeness (QED) is 0.798. The maximum atomic E-state index is 11.9. The summed E-state index contributed by atoms with van der Waals surface area (Å²) in [5, 5.41) is 0. The van der Waals surface area contributed by atoms with Gasteiger partial charge in [0.05, 0.1) is 17.4 Å². The highest BCUT2D eigenvalue weighted by Gasteiger charge is 2.29. The maximum Gasteiger partial charge on any atom is 0.246 e. The molecule has 0 aromatic carbocycles. The van der Waals surface area contributed by atoms with Crippen LogP contribution in [0.5, 0.6) is 0 Å². The molecule has 0 radical (unpaired) electrons. The first-order valence-electron chi connectivity index (χ1n) is 7.89. The third-order valence-corrected chi connectivity index (χ3v) is 4.46. The van der Waals surface area contributed by atoms with E-state index in [1.165, 1.54) is 32.0 Å². The molecule has 0 saturated carbocycles. The average Bonchev–Trinajstić information content (AvgIpc) is 3.17. The summed E-state index contributed by atoms with van der Waals surface area (Å²) in [6.45, 7) is 7.69. The number of hydrogen-bond acceptors (Lipinski definition) is 3. The molecule has 21 heavy (non-hydrogen) atoms. The SMILES string of the molecule is C=CC(=O)N1CCCC1c1cccc(CN2CCCC2)n1. The fraction of sp³-hybridized carbons (Fsp3) is 0.529. The van der Waals surface area contributed by atoms with E-state index in [0.29, 0.717) is 0 Å². The predicted molar refractivity (Wildman–Crippen MR) is 82.6 cm³/mol. The topological polar surface area (TPSA) is 36.4 Å². The van der Waals surface area contributed by atoms with E-state index in [2.05, 4.69) is 23.6 Å². The van der Waals surface area contributed by atoms with Crippen molar-refractivity contribution in [2.24, 2.45) is 0 Å². The van der Waals surface area contributed by atoms with Gasteiger partial charge >= 0.3 is 0 Å². The van der Waals surface area contributed by atoms with Gasteiger partial charge in [0.15, 0.2) is 0 Å². The summed E-state index contributed by atoms with van der Waals surface area (Å²) in [5.41, 5.74) is 2.15. The maximum absolute atomic E-state index is 11.9. The number of carbonyl (C=O) groups is 1. The van der Waals surface area contributed by atoms with E-state index in [1.54, 1.807) is 0 Å². The van der Waals surface area contributed by atoms with E-state index in [0.717, 1.165) is 37.3 Å². The summed E-state index contributed by atoms with van der Waals surface area (Å²) in [4.78, 5) is 21.1. The number of carbonyl (C=O) groups excluding carboxylic acids is 1. The van der Waals surface area contributed by atoms with Gasteiger partial charge in [-0.15, -0.1) is 0 Å². The molecule has 1 amide bonds. The molecule has 3 rings (SSSR count). The van der Waals surface area contributed by atoms with E-state index in [9.17, 15) is 4.79 Å². The molecule has 2 aliphatic heterocycles. The van der Waals surface area contributed by atoms with Gasteiger partial charge in [0.1, 0.15) is 0 Å². The zero-order valence-electron chi connectivity index (χ0n) is 12.5. The van der Waals surface area contributed by atoms with Crippen LogP contribution in [0.25, 0.3) is 0 Å². The first-order valence-corrected chi connectivity index (χ1v) is 7.89. The Hall–Kier alpha value is -1.68. The van der Waals surface area contributed by atoms with Crippen molar-refractivity contribution in [3.63, 3.8) is 0 Å². The second-order valence-corrected chi connectivity index (χ2v) is 5.93. The van der Waals surface area contributed by atoms with Gasteiger partial charge in [-0.2, -0.15) is 0 Å². The third-order valence-electron chi connectivity index (χ3n) is 4.46. The molecule has 4 heteroatoms. The van der Waals surface area contributed by atoms with Crippen molar-refractivity contribution in [3.8, 4) is 0 Å². The number of aromatic nitrogens is 1. The Morgan fingerprint density at radius 1 is 1.29 bits per heavy atom. The van der Waals surface area contributed by atoms with Crippen molar-refractivity contribution < 1.29 is 4.79 Å². The van der Waals surface area contributed by atoms with Crippen molar-refractivity contribution in [2.45, 2.75) is 38.3 Å². The fourth-order valence-electron chi connectivity index (χ4n) is 3.40. The third kappa shape index (κ3) is 3.16. The van der Waals surface area contributed by atoms with Crippen LogP contribution >= 0.6 is 0 Å². The second-order valence-electron chi connectivity index (χ2n) is 5.93. The lowest BCUT2D eigenvalue weighted by molar-refractivity contribution is -0.126. The fourth-order valence-corrected chi connectivity index (χ4v) is 3.40. The smallest absolute Gasteiger partial charge is 0.246 e. The lowest BCUT2D eigenvalue weighted by Gasteiger charge is -2.23. The molecule has 112 valence electrons. The largest absolute Gasteiger partial charge is 0.331 e. The van der Waals surface area contributed by atoms with Gasteiger partial charge in [0.25, 0.3) is 0 Å². The summed E-state index contributed by atoms with van der Waals surface area (Å²) in [7, 11) is 0. The zero-order valence-corrected chi connectivity index (χ0v) is 12.5. The highest BCUT2D eigenvalue weighted by Crippen LogP contribution is 2.31. The molecular formula is C17H23N3O. The first kappa shape index (κ1) is 14.3. The zero-order chi connectivity index (χ0) is 14.7. The van der Waals surface area contributed by atoms with Gasteiger partial charge in [-0.1, -0.05) is 12.6 Å². The molecule has 0 aliphatic carbocycles. The minimum absolute atomic E-state index is 0.0178. The summed E-state index contributed by atoms with van der Waals surface area (Å²) in [5.74, 6) is 0.0178. The van der Waals surface area contributed by atoms with Gasteiger partial charge in [-0.25, -0.2) is 0 Å². The van der Waals surface area contributed by atoms with Gasteiger partial charge in [-0.05, 0) is 57.0 Å². The van der Waals surface area contributed by atoms with Crippen LogP contribution in [-0.2, 0) is 11.3 Å². The normalized spacial score (nSPS) is 22.7. The van der Waals surface area contributed by atoms with E-state index in [1.807, 2.05) is 11.0 Å². The summed E-state index contributed by atoms with van der Waals surface area (Å²) in [6, 6.07) is 6.33. The molecule has 1 unspecified atom stereocenters. The Kier molecular flexibility index (Phi) is 4.34. The van der Waals surface area contributed by atoms with Crippen molar-refractivity contribution in [3.05, 3.63) is 42.2 Å². The van der Waals surface area contributed by atoms with Gasteiger partial charge in [0, 0.05) is 13.1 Å². The van der Waals surface area contributed by atoms with Crippen molar-refractivity contribution in [2.75, 3.05) is 19.6 Å². The highest BCUT2D eigenvalue weighted by molar-refractivity contribution is 5.87. The van der Waals surface area contributed by atoms with Crippen LogP contribution in [0.4, 0.5) is 0 Å². The molecule has 2 aliphatic rings. The van der Waals surface area contributed by atoms with Crippen LogP contribution < -0.4 is 0 Å². The van der Waals surface area contributed by atoms with Crippen molar-refractivity contribution >= 4 is 5.91 Å². The molecule has 0 spiro atoms. The number of pyridine rings is 1. The molecular weight excluding hydrogens is 262 g/mol. The van der Waals surface area contributed by atoms with Gasteiger partial charge in [-0.3, -0.25) is 14.7 Å². The van der Waals surface area contributed by atoms with Crippen LogP contribution in [0.15, 0.2) is 30.9 Å². The van der Waals surface area contributed by atoms with Crippen LogP contribution in [0.1, 0.15) is 43.1 Å². The molecule has 0 bridgehead atoms. The number of amides is 1. The molecule has 1 aromatic heterocycles. The summed E-state index contributed by atoms with van der Waals surface area (Å²) in [6.07, 6.45) is 6.04. The molecule has 1 atom stereocenters. The Bertz CT molecular complexity index is 523. The van der Waals surface area contributed by atoms with E-state index in [-0.39, 0.29) is 11.9 Å². The van der Waals surface area contributed by atoms with Crippen molar-refractivity contribution in [1.29, 1.82) is 0 Å². The average molecular weight is 285 g/mol. The lowest BCUT2D eigenvalue weighted by atomic mass is 10.1. The molecule has 0 N–H and O–H groups in total. The number of nitrogens with zero attached hydrogens (tertiary/aromatic N) is 3. The van der Waals surface area contributed by atoms with Gasteiger partial charge < -0.3 is 4.90 Å².